The molecule has 1 atom stereocenters. The zero-order valence-corrected chi connectivity index (χ0v) is 14.1. The van der Waals surface area contributed by atoms with E-state index in [4.69, 9.17) is 5.73 Å². The smallest absolute Gasteiger partial charge is 0.196 e. The Labute approximate surface area is 135 Å². The van der Waals surface area contributed by atoms with E-state index < -0.39 is 0 Å². The summed E-state index contributed by atoms with van der Waals surface area (Å²) in [6.45, 7) is 6.51. The van der Waals surface area contributed by atoms with Crippen LogP contribution in [0.1, 0.15) is 26.2 Å². The first-order chi connectivity index (χ1) is 10.1. The summed E-state index contributed by atoms with van der Waals surface area (Å²) in [4.78, 5) is 9.38. The van der Waals surface area contributed by atoms with E-state index in [9.17, 15) is 0 Å². The molecule has 5 heteroatoms. The van der Waals surface area contributed by atoms with Crippen LogP contribution in [0.25, 0.3) is 0 Å². The van der Waals surface area contributed by atoms with Gasteiger partial charge in [-0.15, -0.1) is 0 Å². The van der Waals surface area contributed by atoms with Crippen LogP contribution in [-0.2, 0) is 0 Å². The fourth-order valence-electron chi connectivity index (χ4n) is 3.54. The standard InChI is InChI=1S/C16H23BrN4/c1-2-20-10-3-8-16(9-11-20)12-19-15(18)21(16)14-6-4-13(17)5-7-14/h4-7H,2-3,8-12H2,1H3,(H2,18,19). The first-order valence-electron chi connectivity index (χ1n) is 7.73. The van der Waals surface area contributed by atoms with E-state index in [1.54, 1.807) is 0 Å². The maximum atomic E-state index is 6.22. The SMILES string of the molecule is CCN1CCCC2(CC1)CN=C(N)N2c1ccc(Br)cc1. The van der Waals surface area contributed by atoms with Crippen LogP contribution >= 0.6 is 15.9 Å². The highest BCUT2D eigenvalue weighted by Crippen LogP contribution is 2.37. The van der Waals surface area contributed by atoms with Crippen molar-refractivity contribution >= 4 is 27.6 Å². The van der Waals surface area contributed by atoms with Crippen LogP contribution < -0.4 is 10.6 Å². The predicted molar refractivity (Wildman–Crippen MR) is 91.8 cm³/mol. The molecule has 0 radical (unpaired) electrons. The van der Waals surface area contributed by atoms with Gasteiger partial charge >= 0.3 is 0 Å². The molecule has 0 amide bonds. The van der Waals surface area contributed by atoms with Crippen molar-refractivity contribution in [2.45, 2.75) is 31.7 Å². The Bertz CT molecular complexity index is 528. The zero-order valence-electron chi connectivity index (χ0n) is 12.6. The number of hydrogen-bond donors (Lipinski definition) is 1. The number of nitrogens with zero attached hydrogens (tertiary/aromatic N) is 3. The number of aliphatic imine (C=N–C) groups is 1. The van der Waals surface area contributed by atoms with E-state index in [2.05, 4.69) is 61.9 Å². The summed E-state index contributed by atoms with van der Waals surface area (Å²) in [5, 5.41) is 0. The quantitative estimate of drug-likeness (QED) is 0.891. The number of benzene rings is 1. The van der Waals surface area contributed by atoms with E-state index in [0.29, 0.717) is 5.96 Å². The predicted octanol–water partition coefficient (Wildman–Crippen LogP) is 2.83. The number of anilines is 1. The second-order valence-electron chi connectivity index (χ2n) is 6.00. The van der Waals surface area contributed by atoms with Crippen LogP contribution in [0.15, 0.2) is 33.7 Å². The van der Waals surface area contributed by atoms with Crippen molar-refractivity contribution in [2.24, 2.45) is 10.7 Å². The second kappa shape index (κ2) is 5.97. The van der Waals surface area contributed by atoms with Crippen molar-refractivity contribution in [3.63, 3.8) is 0 Å². The first kappa shape index (κ1) is 14.9. The molecular weight excluding hydrogens is 328 g/mol. The van der Waals surface area contributed by atoms with Crippen molar-refractivity contribution in [3.8, 4) is 0 Å². The van der Waals surface area contributed by atoms with Gasteiger partial charge in [-0.2, -0.15) is 0 Å². The van der Waals surface area contributed by atoms with Gasteiger partial charge in [0.1, 0.15) is 0 Å². The summed E-state index contributed by atoms with van der Waals surface area (Å²) < 4.78 is 1.09. The molecule has 2 aliphatic rings. The van der Waals surface area contributed by atoms with Gasteiger partial charge in [-0.25, -0.2) is 0 Å². The lowest BCUT2D eigenvalue weighted by Crippen LogP contribution is -2.52. The number of hydrogen-bond acceptors (Lipinski definition) is 4. The van der Waals surface area contributed by atoms with Gasteiger partial charge in [0.05, 0.1) is 12.1 Å². The molecule has 1 fully saturated rings. The summed E-state index contributed by atoms with van der Waals surface area (Å²) >= 11 is 3.50. The molecule has 1 aromatic carbocycles. The third-order valence-corrected chi connectivity index (χ3v) is 5.31. The Kier molecular flexibility index (Phi) is 4.22. The zero-order chi connectivity index (χ0) is 14.9. The third-order valence-electron chi connectivity index (χ3n) is 4.78. The van der Waals surface area contributed by atoms with Crippen molar-refractivity contribution in [2.75, 3.05) is 31.1 Å². The molecule has 2 aliphatic heterocycles. The maximum Gasteiger partial charge on any atom is 0.196 e. The molecule has 0 aliphatic carbocycles. The van der Waals surface area contributed by atoms with Gasteiger partial charge in [-0.1, -0.05) is 22.9 Å². The summed E-state index contributed by atoms with van der Waals surface area (Å²) in [6.07, 6.45) is 3.49. The molecule has 2 N–H and O–H groups in total. The third kappa shape index (κ3) is 2.81. The molecule has 1 unspecified atom stereocenters. The molecule has 3 rings (SSSR count). The molecule has 1 spiro atoms. The fraction of sp³-hybridized carbons (Fsp3) is 0.562. The van der Waals surface area contributed by atoms with Gasteiger partial charge < -0.3 is 15.5 Å². The van der Waals surface area contributed by atoms with Gasteiger partial charge in [0.15, 0.2) is 5.96 Å². The van der Waals surface area contributed by atoms with Gasteiger partial charge in [0.25, 0.3) is 0 Å². The molecule has 0 saturated carbocycles. The van der Waals surface area contributed by atoms with Gasteiger partial charge in [0.2, 0.25) is 0 Å². The number of nitrogens with two attached hydrogens (primary N) is 1. The Hall–Kier alpha value is -1.07. The fourth-order valence-corrected chi connectivity index (χ4v) is 3.81. The number of guanidine groups is 1. The number of rotatable bonds is 2. The normalized spacial score (nSPS) is 27.0. The van der Waals surface area contributed by atoms with Crippen LogP contribution in [0.3, 0.4) is 0 Å². The maximum absolute atomic E-state index is 6.22. The number of halogens is 1. The first-order valence-corrected chi connectivity index (χ1v) is 8.52. The minimum atomic E-state index is 0.0713. The monoisotopic (exact) mass is 350 g/mol. The largest absolute Gasteiger partial charge is 0.369 e. The van der Waals surface area contributed by atoms with Crippen molar-refractivity contribution in [1.29, 1.82) is 0 Å². The molecular formula is C16H23BrN4. The summed E-state index contributed by atoms with van der Waals surface area (Å²) in [5.41, 5.74) is 7.45. The molecule has 2 heterocycles. The minimum Gasteiger partial charge on any atom is -0.369 e. The lowest BCUT2D eigenvalue weighted by Gasteiger charge is -2.39. The van der Waals surface area contributed by atoms with Crippen LogP contribution in [0, 0.1) is 0 Å². The molecule has 4 nitrogen and oxygen atoms in total. The molecule has 0 bridgehead atoms. The molecule has 0 aromatic heterocycles. The summed E-state index contributed by atoms with van der Waals surface area (Å²) in [7, 11) is 0. The van der Waals surface area contributed by atoms with Crippen molar-refractivity contribution in [3.05, 3.63) is 28.7 Å². The van der Waals surface area contributed by atoms with Gasteiger partial charge in [-0.05, 0) is 56.6 Å². The van der Waals surface area contributed by atoms with Crippen molar-refractivity contribution in [1.82, 2.24) is 4.90 Å². The molecule has 1 aromatic rings. The van der Waals surface area contributed by atoms with E-state index in [1.165, 1.54) is 13.0 Å². The lowest BCUT2D eigenvalue weighted by atomic mass is 9.89. The molecule has 114 valence electrons. The topological polar surface area (TPSA) is 44.9 Å². The Balaban J connectivity index is 1.89. The van der Waals surface area contributed by atoms with E-state index >= 15 is 0 Å². The van der Waals surface area contributed by atoms with E-state index in [-0.39, 0.29) is 5.54 Å². The Morgan fingerprint density at radius 1 is 1.24 bits per heavy atom. The van der Waals surface area contributed by atoms with Gasteiger partial charge in [-0.3, -0.25) is 4.99 Å². The van der Waals surface area contributed by atoms with Crippen molar-refractivity contribution < 1.29 is 0 Å². The average Bonchev–Trinajstić information content (AvgIpc) is 2.69. The van der Waals surface area contributed by atoms with E-state index in [1.807, 2.05) is 0 Å². The summed E-state index contributed by atoms with van der Waals surface area (Å²) in [5.74, 6) is 0.669. The second-order valence-corrected chi connectivity index (χ2v) is 6.91. The van der Waals surface area contributed by atoms with Crippen LogP contribution in [-0.4, -0.2) is 42.6 Å². The highest BCUT2D eigenvalue weighted by Gasteiger charge is 2.43. The van der Waals surface area contributed by atoms with E-state index in [0.717, 1.165) is 42.6 Å². The minimum absolute atomic E-state index is 0.0713. The molecule has 1 saturated heterocycles. The van der Waals surface area contributed by atoms with Crippen LogP contribution in [0.4, 0.5) is 5.69 Å². The summed E-state index contributed by atoms with van der Waals surface area (Å²) in [6, 6.07) is 8.40. The van der Waals surface area contributed by atoms with Crippen LogP contribution in [0.2, 0.25) is 0 Å². The van der Waals surface area contributed by atoms with Gasteiger partial charge in [0, 0.05) is 16.7 Å². The highest BCUT2D eigenvalue weighted by atomic mass is 79.9. The Morgan fingerprint density at radius 3 is 2.71 bits per heavy atom. The lowest BCUT2D eigenvalue weighted by molar-refractivity contribution is 0.292. The van der Waals surface area contributed by atoms with Crippen LogP contribution in [0.5, 0.6) is 0 Å². The highest BCUT2D eigenvalue weighted by molar-refractivity contribution is 9.10. The average molecular weight is 351 g/mol. The molecule has 21 heavy (non-hydrogen) atoms. The Morgan fingerprint density at radius 2 is 2.00 bits per heavy atom. The number of likely N-dealkylation sites (tertiary alicyclic amines) is 1.